The van der Waals surface area contributed by atoms with Gasteiger partial charge in [0.1, 0.15) is 0 Å². The minimum atomic E-state index is -3.56. The first-order valence-electron chi connectivity index (χ1n) is 7.61. The minimum absolute atomic E-state index is 0.115. The number of hydrogen-bond donors (Lipinski definition) is 1. The number of hydrogen-bond acceptors (Lipinski definition) is 4. The van der Waals surface area contributed by atoms with E-state index in [-0.39, 0.29) is 11.1 Å². The Kier molecular flexibility index (Phi) is 5.22. The maximum absolute atomic E-state index is 13.1. The van der Waals surface area contributed by atoms with Crippen molar-refractivity contribution in [1.82, 2.24) is 9.29 Å². The van der Waals surface area contributed by atoms with Gasteiger partial charge in [-0.3, -0.25) is 0 Å². The van der Waals surface area contributed by atoms with E-state index in [1.165, 1.54) is 6.20 Å². The van der Waals surface area contributed by atoms with Gasteiger partial charge in [-0.2, -0.15) is 4.31 Å². The Balaban J connectivity index is 2.41. The highest BCUT2D eigenvalue weighted by atomic mass is 32.2. The Bertz CT molecular complexity index is 566. The van der Waals surface area contributed by atoms with Crippen molar-refractivity contribution >= 4 is 15.7 Å². The fourth-order valence-electron chi connectivity index (χ4n) is 2.89. The van der Waals surface area contributed by atoms with Gasteiger partial charge in [0.05, 0.1) is 5.69 Å². The first-order valence-corrected chi connectivity index (χ1v) is 9.05. The van der Waals surface area contributed by atoms with Crippen molar-refractivity contribution in [2.45, 2.75) is 50.6 Å². The standard InChI is InChI=1S/C15H25N3O2S/c1-12(2)11-18(13-7-4-5-8-13)21(19,20)15-14(16-3)9-6-10-17-15/h6,9-10,12-13,16H,4-5,7-8,11H2,1-3H3. The van der Waals surface area contributed by atoms with Gasteiger partial charge in [0.15, 0.2) is 5.03 Å². The molecule has 1 aliphatic carbocycles. The number of rotatable bonds is 6. The third-order valence-corrected chi connectivity index (χ3v) is 5.75. The van der Waals surface area contributed by atoms with Crippen LogP contribution in [0.1, 0.15) is 39.5 Å². The average Bonchev–Trinajstić information content (AvgIpc) is 2.98. The van der Waals surface area contributed by atoms with Gasteiger partial charge < -0.3 is 5.32 Å². The molecule has 0 saturated heterocycles. The van der Waals surface area contributed by atoms with E-state index in [0.29, 0.717) is 18.2 Å². The number of anilines is 1. The van der Waals surface area contributed by atoms with E-state index in [9.17, 15) is 8.42 Å². The number of aromatic nitrogens is 1. The fraction of sp³-hybridized carbons (Fsp3) is 0.667. The molecule has 118 valence electrons. The van der Waals surface area contributed by atoms with Crippen LogP contribution in [0.15, 0.2) is 23.4 Å². The van der Waals surface area contributed by atoms with Crippen LogP contribution in [0.3, 0.4) is 0 Å². The van der Waals surface area contributed by atoms with Gasteiger partial charge in [0.25, 0.3) is 10.0 Å². The molecule has 1 saturated carbocycles. The number of nitrogens with one attached hydrogen (secondary N) is 1. The van der Waals surface area contributed by atoms with Crippen LogP contribution in [0.25, 0.3) is 0 Å². The molecule has 1 aromatic heterocycles. The highest BCUT2D eigenvalue weighted by Gasteiger charge is 2.35. The van der Waals surface area contributed by atoms with Crippen LogP contribution in [-0.4, -0.2) is 37.3 Å². The summed E-state index contributed by atoms with van der Waals surface area (Å²) in [6, 6.07) is 3.61. The number of pyridine rings is 1. The lowest BCUT2D eigenvalue weighted by Gasteiger charge is -2.29. The summed E-state index contributed by atoms with van der Waals surface area (Å²) in [5.41, 5.74) is 0.559. The molecule has 0 aromatic carbocycles. The lowest BCUT2D eigenvalue weighted by molar-refractivity contribution is 0.292. The van der Waals surface area contributed by atoms with E-state index < -0.39 is 10.0 Å². The number of nitrogens with zero attached hydrogens (tertiary/aromatic N) is 2. The van der Waals surface area contributed by atoms with Gasteiger partial charge in [0, 0.05) is 25.8 Å². The van der Waals surface area contributed by atoms with Crippen LogP contribution >= 0.6 is 0 Å². The van der Waals surface area contributed by atoms with Crippen molar-refractivity contribution in [3.8, 4) is 0 Å². The smallest absolute Gasteiger partial charge is 0.262 e. The highest BCUT2D eigenvalue weighted by Crippen LogP contribution is 2.31. The SMILES string of the molecule is CNc1cccnc1S(=O)(=O)N(CC(C)C)C1CCCC1. The number of sulfonamides is 1. The summed E-state index contributed by atoms with van der Waals surface area (Å²) >= 11 is 0. The third kappa shape index (κ3) is 3.55. The molecule has 0 aliphatic heterocycles. The van der Waals surface area contributed by atoms with Crippen molar-refractivity contribution in [1.29, 1.82) is 0 Å². The van der Waals surface area contributed by atoms with E-state index in [0.717, 1.165) is 25.7 Å². The van der Waals surface area contributed by atoms with Gasteiger partial charge in [0.2, 0.25) is 0 Å². The topological polar surface area (TPSA) is 62.3 Å². The maximum Gasteiger partial charge on any atom is 0.262 e. The van der Waals surface area contributed by atoms with Crippen molar-refractivity contribution in [3.05, 3.63) is 18.3 Å². The average molecular weight is 311 g/mol. The Hall–Kier alpha value is -1.14. The normalized spacial score (nSPS) is 16.8. The molecule has 0 atom stereocenters. The zero-order chi connectivity index (χ0) is 15.5. The second-order valence-electron chi connectivity index (χ2n) is 6.01. The third-order valence-electron chi connectivity index (χ3n) is 3.87. The highest BCUT2D eigenvalue weighted by molar-refractivity contribution is 7.89. The van der Waals surface area contributed by atoms with Crippen LogP contribution in [0.5, 0.6) is 0 Å². The van der Waals surface area contributed by atoms with Crippen LogP contribution in [0.2, 0.25) is 0 Å². The second-order valence-corrected chi connectivity index (χ2v) is 7.82. The quantitative estimate of drug-likeness (QED) is 0.877. The molecule has 1 N–H and O–H groups in total. The predicted molar refractivity (Wildman–Crippen MR) is 84.8 cm³/mol. The predicted octanol–water partition coefficient (Wildman–Crippen LogP) is 2.71. The molecule has 1 heterocycles. The molecular formula is C15H25N3O2S. The molecule has 0 amide bonds. The van der Waals surface area contributed by atoms with E-state index in [2.05, 4.69) is 24.1 Å². The molecule has 21 heavy (non-hydrogen) atoms. The van der Waals surface area contributed by atoms with Gasteiger partial charge in [-0.1, -0.05) is 26.7 Å². The van der Waals surface area contributed by atoms with Gasteiger partial charge in [-0.05, 0) is 30.9 Å². The summed E-state index contributed by atoms with van der Waals surface area (Å²) in [5.74, 6) is 0.294. The van der Waals surface area contributed by atoms with E-state index in [1.54, 1.807) is 23.5 Å². The molecule has 5 nitrogen and oxygen atoms in total. The molecular weight excluding hydrogens is 286 g/mol. The molecule has 0 bridgehead atoms. The monoisotopic (exact) mass is 311 g/mol. The Morgan fingerprint density at radius 3 is 2.62 bits per heavy atom. The fourth-order valence-corrected chi connectivity index (χ4v) is 4.86. The lowest BCUT2D eigenvalue weighted by Crippen LogP contribution is -2.41. The lowest BCUT2D eigenvalue weighted by atomic mass is 10.2. The molecule has 0 radical (unpaired) electrons. The van der Waals surface area contributed by atoms with Crippen molar-refractivity contribution in [3.63, 3.8) is 0 Å². The Morgan fingerprint density at radius 2 is 2.05 bits per heavy atom. The van der Waals surface area contributed by atoms with Crippen LogP contribution in [0.4, 0.5) is 5.69 Å². The summed E-state index contributed by atoms with van der Waals surface area (Å²) in [6.45, 7) is 4.65. The minimum Gasteiger partial charge on any atom is -0.386 e. The summed E-state index contributed by atoms with van der Waals surface area (Å²) in [7, 11) is -1.84. The van der Waals surface area contributed by atoms with E-state index in [1.807, 2.05) is 0 Å². The van der Waals surface area contributed by atoms with E-state index >= 15 is 0 Å². The van der Waals surface area contributed by atoms with Crippen LogP contribution in [0, 0.1) is 5.92 Å². The summed E-state index contributed by atoms with van der Waals surface area (Å²) in [4.78, 5) is 4.13. The molecule has 1 fully saturated rings. The zero-order valence-electron chi connectivity index (χ0n) is 13.0. The van der Waals surface area contributed by atoms with Crippen LogP contribution < -0.4 is 5.32 Å². The summed E-state index contributed by atoms with van der Waals surface area (Å²) in [6.07, 6.45) is 5.66. The van der Waals surface area contributed by atoms with Crippen molar-refractivity contribution in [2.24, 2.45) is 5.92 Å². The molecule has 1 aliphatic rings. The maximum atomic E-state index is 13.1. The van der Waals surface area contributed by atoms with Crippen molar-refractivity contribution < 1.29 is 8.42 Å². The van der Waals surface area contributed by atoms with Gasteiger partial charge in [-0.25, -0.2) is 13.4 Å². The van der Waals surface area contributed by atoms with Gasteiger partial charge in [-0.15, -0.1) is 0 Å². The first kappa shape index (κ1) is 16.2. The summed E-state index contributed by atoms with van der Waals surface area (Å²) in [5, 5.41) is 3.07. The molecule has 2 rings (SSSR count). The molecule has 0 unspecified atom stereocenters. The summed E-state index contributed by atoms with van der Waals surface area (Å²) < 4.78 is 27.8. The molecule has 1 aromatic rings. The first-order chi connectivity index (χ1) is 9.96. The zero-order valence-corrected chi connectivity index (χ0v) is 13.9. The molecule has 6 heteroatoms. The Morgan fingerprint density at radius 1 is 1.38 bits per heavy atom. The molecule has 0 spiro atoms. The second kappa shape index (κ2) is 6.75. The van der Waals surface area contributed by atoms with E-state index in [4.69, 9.17) is 0 Å². The Labute approximate surface area is 127 Å². The largest absolute Gasteiger partial charge is 0.386 e. The van der Waals surface area contributed by atoms with Gasteiger partial charge >= 0.3 is 0 Å². The van der Waals surface area contributed by atoms with Crippen LogP contribution in [-0.2, 0) is 10.0 Å². The van der Waals surface area contributed by atoms with Crippen molar-refractivity contribution in [2.75, 3.05) is 18.9 Å².